The van der Waals surface area contributed by atoms with Gasteiger partial charge in [0.15, 0.2) is 5.71 Å². The van der Waals surface area contributed by atoms with Crippen LogP contribution in [0.4, 0.5) is 18.9 Å². The van der Waals surface area contributed by atoms with Crippen LogP contribution in [0.5, 0.6) is 5.88 Å². The third-order valence-electron chi connectivity index (χ3n) is 6.06. The summed E-state index contributed by atoms with van der Waals surface area (Å²) in [6.45, 7) is 5.49. The topological polar surface area (TPSA) is 75.0 Å². The summed E-state index contributed by atoms with van der Waals surface area (Å²) in [6, 6.07) is 15.7. The van der Waals surface area contributed by atoms with Gasteiger partial charge in [-0.3, -0.25) is 9.80 Å². The van der Waals surface area contributed by atoms with E-state index in [1.807, 2.05) is 31.2 Å². The van der Waals surface area contributed by atoms with Crippen LogP contribution in [0.1, 0.15) is 23.1 Å². The predicted molar refractivity (Wildman–Crippen MR) is 131 cm³/mol. The second kappa shape index (κ2) is 9.85. The maximum atomic E-state index is 13.4. The van der Waals surface area contributed by atoms with Gasteiger partial charge in [0.05, 0.1) is 25.3 Å². The van der Waals surface area contributed by atoms with Crippen LogP contribution in [0.3, 0.4) is 0 Å². The fourth-order valence-corrected chi connectivity index (χ4v) is 4.16. The largest absolute Gasteiger partial charge is 0.481 e. The van der Waals surface area contributed by atoms with E-state index in [9.17, 15) is 23.1 Å². The average molecular weight is 496 g/mol. The lowest BCUT2D eigenvalue weighted by Gasteiger charge is -2.23. The van der Waals surface area contributed by atoms with Crippen LogP contribution in [-0.2, 0) is 11.2 Å². The first-order valence-corrected chi connectivity index (χ1v) is 11.1. The third kappa shape index (κ3) is 5.25. The molecule has 0 radical (unpaired) electrons. The molecule has 9 heteroatoms. The van der Waals surface area contributed by atoms with Crippen molar-refractivity contribution in [3.63, 3.8) is 0 Å². The van der Waals surface area contributed by atoms with Gasteiger partial charge >= 0.3 is 12.1 Å². The number of hydrazone groups is 1. The van der Waals surface area contributed by atoms with E-state index in [-0.39, 0.29) is 5.57 Å². The molecule has 1 atom stereocenters. The van der Waals surface area contributed by atoms with Gasteiger partial charge in [0.2, 0.25) is 5.88 Å². The lowest BCUT2D eigenvalue weighted by Crippen LogP contribution is -2.31. The Kier molecular flexibility index (Phi) is 6.83. The van der Waals surface area contributed by atoms with E-state index in [4.69, 9.17) is 4.74 Å². The summed E-state index contributed by atoms with van der Waals surface area (Å²) in [5.74, 6) is -0.696. The SMILES string of the molecule is C=C1C(C(F)(F)F)=NN(c2ccc(Cc3ccc(-c4ccnc(OC)c4)cc3C)cc2)[C@H]1CC(=O)O. The van der Waals surface area contributed by atoms with E-state index in [1.54, 1.807) is 37.6 Å². The van der Waals surface area contributed by atoms with Crippen LogP contribution < -0.4 is 9.75 Å². The predicted octanol–water partition coefficient (Wildman–Crippen LogP) is 5.79. The monoisotopic (exact) mass is 495 g/mol. The zero-order valence-electron chi connectivity index (χ0n) is 19.7. The van der Waals surface area contributed by atoms with Crippen LogP contribution in [0.15, 0.2) is 78.0 Å². The number of nitrogens with zero attached hydrogens (tertiary/aromatic N) is 3. The molecule has 1 aromatic heterocycles. The Hall–Kier alpha value is -4.14. The van der Waals surface area contributed by atoms with E-state index in [1.165, 1.54) is 0 Å². The van der Waals surface area contributed by atoms with Crippen molar-refractivity contribution < 1.29 is 27.8 Å². The number of aromatic nitrogens is 1. The first-order chi connectivity index (χ1) is 17.1. The van der Waals surface area contributed by atoms with Gasteiger partial charge in [-0.25, -0.2) is 4.98 Å². The van der Waals surface area contributed by atoms with Crippen molar-refractivity contribution in [2.75, 3.05) is 12.1 Å². The second-order valence-electron chi connectivity index (χ2n) is 8.50. The normalized spacial score (nSPS) is 15.7. The molecule has 1 aliphatic rings. The highest BCUT2D eigenvalue weighted by Crippen LogP contribution is 2.35. The van der Waals surface area contributed by atoms with Crippen molar-refractivity contribution in [1.29, 1.82) is 0 Å². The summed E-state index contributed by atoms with van der Waals surface area (Å²) in [6.07, 6.45) is -2.95. The van der Waals surface area contributed by atoms with Gasteiger partial charge in [-0.1, -0.05) is 36.9 Å². The van der Waals surface area contributed by atoms with Crippen LogP contribution in [0.2, 0.25) is 0 Å². The Balaban J connectivity index is 1.54. The number of anilines is 1. The fourth-order valence-electron chi connectivity index (χ4n) is 4.16. The first-order valence-electron chi connectivity index (χ1n) is 11.1. The molecule has 0 unspecified atom stereocenters. The van der Waals surface area contributed by atoms with Gasteiger partial charge in [0.1, 0.15) is 0 Å². The van der Waals surface area contributed by atoms with Crippen LogP contribution >= 0.6 is 0 Å². The van der Waals surface area contributed by atoms with E-state index in [0.29, 0.717) is 18.0 Å². The number of benzene rings is 2. The number of methoxy groups -OCH3 is 1. The maximum absolute atomic E-state index is 13.4. The number of hydrogen-bond donors (Lipinski definition) is 1. The lowest BCUT2D eigenvalue weighted by atomic mass is 9.96. The average Bonchev–Trinajstić information content (AvgIpc) is 3.16. The van der Waals surface area contributed by atoms with Gasteiger partial charge in [-0.05, 0) is 59.4 Å². The number of ether oxygens (including phenoxy) is 1. The minimum atomic E-state index is -4.71. The molecular formula is C27H24F3N3O3. The molecule has 3 aromatic rings. The molecule has 6 nitrogen and oxygen atoms in total. The van der Waals surface area contributed by atoms with Crippen molar-refractivity contribution in [3.8, 4) is 17.0 Å². The number of halogens is 3. The number of pyridine rings is 1. The summed E-state index contributed by atoms with van der Waals surface area (Å²) < 4.78 is 45.3. The molecular weight excluding hydrogens is 471 g/mol. The number of carboxylic acid groups (broad SMARTS) is 1. The van der Waals surface area contributed by atoms with Gasteiger partial charge < -0.3 is 9.84 Å². The molecule has 36 heavy (non-hydrogen) atoms. The molecule has 0 saturated carbocycles. The molecule has 0 aliphatic carbocycles. The molecule has 0 amide bonds. The van der Waals surface area contributed by atoms with Crippen LogP contribution in [-0.4, -0.2) is 41.1 Å². The number of rotatable bonds is 7. The standard InChI is InChI=1S/C27H24F3N3O3/c1-16-12-20(21-10-11-31-24(14-21)36-3)7-6-19(16)13-18-4-8-22(9-5-18)33-23(15-25(34)35)17(2)26(32-33)27(28,29)30/h4-12,14,23H,2,13,15H2,1,3H3,(H,34,35)/t23-/m0/s1. The Morgan fingerprint density at radius 1 is 1.11 bits per heavy atom. The molecule has 1 aliphatic heterocycles. The summed E-state index contributed by atoms with van der Waals surface area (Å²) in [5, 5.41) is 14.0. The number of hydrogen-bond acceptors (Lipinski definition) is 5. The summed E-state index contributed by atoms with van der Waals surface area (Å²) in [4.78, 5) is 15.4. The number of alkyl halides is 3. The zero-order chi connectivity index (χ0) is 26.0. The molecule has 0 saturated heterocycles. The lowest BCUT2D eigenvalue weighted by molar-refractivity contribution is -0.137. The van der Waals surface area contributed by atoms with Crippen LogP contribution in [0, 0.1) is 6.92 Å². The van der Waals surface area contributed by atoms with Crippen molar-refractivity contribution in [2.45, 2.75) is 32.0 Å². The summed E-state index contributed by atoms with van der Waals surface area (Å²) in [5.41, 5.74) is 4.02. The van der Waals surface area contributed by atoms with Crippen molar-refractivity contribution in [1.82, 2.24) is 4.98 Å². The zero-order valence-corrected chi connectivity index (χ0v) is 19.7. The molecule has 1 N–H and O–H groups in total. The van der Waals surface area contributed by atoms with Crippen molar-refractivity contribution in [2.24, 2.45) is 5.10 Å². The molecule has 0 bridgehead atoms. The smallest absolute Gasteiger partial charge is 0.435 e. The van der Waals surface area contributed by atoms with Gasteiger partial charge in [-0.2, -0.15) is 18.3 Å². The third-order valence-corrected chi connectivity index (χ3v) is 6.06. The first kappa shape index (κ1) is 25.0. The van der Waals surface area contributed by atoms with E-state index in [2.05, 4.69) is 22.7 Å². The Bertz CT molecular complexity index is 1330. The second-order valence-corrected chi connectivity index (χ2v) is 8.50. The molecule has 2 heterocycles. The fraction of sp³-hybridized carbons (Fsp3) is 0.222. The molecule has 186 valence electrons. The highest BCUT2D eigenvalue weighted by atomic mass is 19.4. The van der Waals surface area contributed by atoms with Gasteiger partial charge in [0, 0.05) is 17.8 Å². The number of carbonyl (C=O) groups is 1. The molecule has 4 rings (SSSR count). The molecule has 0 spiro atoms. The van der Waals surface area contributed by atoms with Gasteiger partial charge in [0.25, 0.3) is 0 Å². The minimum Gasteiger partial charge on any atom is -0.481 e. The van der Waals surface area contributed by atoms with Crippen LogP contribution in [0.25, 0.3) is 11.1 Å². The molecule has 2 aromatic carbocycles. The maximum Gasteiger partial charge on any atom is 0.435 e. The molecule has 0 fully saturated rings. The highest BCUT2D eigenvalue weighted by molar-refractivity contribution is 6.08. The van der Waals surface area contributed by atoms with E-state index >= 15 is 0 Å². The van der Waals surface area contributed by atoms with E-state index in [0.717, 1.165) is 32.8 Å². The van der Waals surface area contributed by atoms with E-state index < -0.39 is 30.3 Å². The number of aliphatic carboxylic acids is 1. The van der Waals surface area contributed by atoms with Crippen molar-refractivity contribution >= 4 is 17.4 Å². The van der Waals surface area contributed by atoms with Crippen molar-refractivity contribution in [3.05, 3.63) is 89.6 Å². The Labute approximate surface area is 206 Å². The quantitative estimate of drug-likeness (QED) is 0.449. The summed E-state index contributed by atoms with van der Waals surface area (Å²) in [7, 11) is 1.57. The Morgan fingerprint density at radius 2 is 1.81 bits per heavy atom. The van der Waals surface area contributed by atoms with Gasteiger partial charge in [-0.15, -0.1) is 0 Å². The highest BCUT2D eigenvalue weighted by Gasteiger charge is 2.46. The number of carboxylic acids is 1. The summed E-state index contributed by atoms with van der Waals surface area (Å²) >= 11 is 0. The minimum absolute atomic E-state index is 0.350. The number of aryl methyl sites for hydroxylation is 1. The Morgan fingerprint density at radius 3 is 2.42 bits per heavy atom.